The van der Waals surface area contributed by atoms with Gasteiger partial charge in [0.2, 0.25) is 0 Å². The van der Waals surface area contributed by atoms with Crippen LogP contribution in [0.4, 0.5) is 0 Å². The number of fused-ring (bicyclic) bond motifs is 1. The van der Waals surface area contributed by atoms with Crippen LogP contribution in [0, 0.1) is 5.92 Å². The van der Waals surface area contributed by atoms with Gasteiger partial charge in [-0.3, -0.25) is 4.79 Å². The van der Waals surface area contributed by atoms with E-state index < -0.39 is 5.60 Å². The Hall–Kier alpha value is -1.72. The summed E-state index contributed by atoms with van der Waals surface area (Å²) < 4.78 is 0. The third-order valence-corrected chi connectivity index (χ3v) is 6.25. The molecule has 0 radical (unpaired) electrons. The standard InChI is InChI=1S/C19H22N2O2S/c22-18(16-12-24-13-20-16)21-11-10-19(23,14-6-2-1-3-7-14)15-8-4-5-9-17(15)21/h1-3,6-7,12-13,15,17,23H,4-5,8-11H2/t15-,17+,19-/m0/s1. The van der Waals surface area contributed by atoms with Gasteiger partial charge in [0.15, 0.2) is 0 Å². The van der Waals surface area contributed by atoms with Crippen molar-refractivity contribution in [3.63, 3.8) is 0 Å². The largest absolute Gasteiger partial charge is 0.385 e. The third kappa shape index (κ3) is 2.56. The van der Waals surface area contributed by atoms with Gasteiger partial charge in [-0.1, -0.05) is 43.2 Å². The topological polar surface area (TPSA) is 53.4 Å². The number of likely N-dealkylation sites (tertiary alicyclic amines) is 1. The van der Waals surface area contributed by atoms with Crippen LogP contribution in [0.15, 0.2) is 41.2 Å². The predicted octanol–water partition coefficient (Wildman–Crippen LogP) is 3.44. The van der Waals surface area contributed by atoms with Gasteiger partial charge in [-0.25, -0.2) is 4.98 Å². The van der Waals surface area contributed by atoms with Gasteiger partial charge < -0.3 is 10.0 Å². The molecule has 1 aromatic heterocycles. The summed E-state index contributed by atoms with van der Waals surface area (Å²) in [5.74, 6) is 0.119. The Bertz CT molecular complexity index is 703. The van der Waals surface area contributed by atoms with Crippen molar-refractivity contribution in [3.05, 3.63) is 52.5 Å². The second-order valence-electron chi connectivity index (χ2n) is 6.87. The van der Waals surface area contributed by atoms with Crippen molar-refractivity contribution in [2.75, 3.05) is 6.54 Å². The minimum absolute atomic E-state index is 0.0169. The molecule has 1 amide bonds. The highest BCUT2D eigenvalue weighted by atomic mass is 32.1. The molecule has 1 aliphatic heterocycles. The molecule has 1 aliphatic carbocycles. The van der Waals surface area contributed by atoms with Crippen LogP contribution in [0.5, 0.6) is 0 Å². The molecule has 1 saturated heterocycles. The van der Waals surface area contributed by atoms with Crippen LogP contribution < -0.4 is 0 Å². The molecule has 2 heterocycles. The summed E-state index contributed by atoms with van der Waals surface area (Å²) >= 11 is 1.45. The van der Waals surface area contributed by atoms with Crippen LogP contribution in [0.25, 0.3) is 0 Å². The maximum Gasteiger partial charge on any atom is 0.273 e. The quantitative estimate of drug-likeness (QED) is 0.910. The molecule has 0 unspecified atom stereocenters. The maximum atomic E-state index is 12.9. The fourth-order valence-electron chi connectivity index (χ4n) is 4.49. The number of thiazole rings is 1. The Morgan fingerprint density at radius 3 is 2.79 bits per heavy atom. The third-order valence-electron chi connectivity index (χ3n) is 5.66. The van der Waals surface area contributed by atoms with E-state index in [1.165, 1.54) is 11.3 Å². The lowest BCUT2D eigenvalue weighted by molar-refractivity contribution is -0.110. The molecule has 1 saturated carbocycles. The van der Waals surface area contributed by atoms with Crippen molar-refractivity contribution in [1.29, 1.82) is 0 Å². The number of hydrogen-bond acceptors (Lipinski definition) is 4. The number of carbonyl (C=O) groups excluding carboxylic acids is 1. The average Bonchev–Trinajstić information content (AvgIpc) is 3.17. The monoisotopic (exact) mass is 342 g/mol. The minimum Gasteiger partial charge on any atom is -0.385 e. The zero-order valence-electron chi connectivity index (χ0n) is 13.6. The van der Waals surface area contributed by atoms with Crippen LogP contribution in [0.1, 0.15) is 48.2 Å². The Balaban J connectivity index is 1.66. The smallest absolute Gasteiger partial charge is 0.273 e. The number of hydrogen-bond donors (Lipinski definition) is 1. The normalized spacial score (nSPS) is 30.0. The van der Waals surface area contributed by atoms with Gasteiger partial charge in [0.05, 0.1) is 11.1 Å². The Labute approximate surface area is 146 Å². The summed E-state index contributed by atoms with van der Waals surface area (Å²) in [6.45, 7) is 0.586. The second-order valence-corrected chi connectivity index (χ2v) is 7.59. The first-order valence-corrected chi connectivity index (χ1v) is 9.61. The summed E-state index contributed by atoms with van der Waals surface area (Å²) in [7, 11) is 0. The molecule has 0 spiro atoms. The van der Waals surface area contributed by atoms with Gasteiger partial charge in [0.25, 0.3) is 5.91 Å². The molecule has 4 rings (SSSR count). The lowest BCUT2D eigenvalue weighted by Crippen LogP contribution is -2.59. The minimum atomic E-state index is -0.828. The number of piperidine rings is 1. The van der Waals surface area contributed by atoms with E-state index in [9.17, 15) is 9.90 Å². The molecule has 1 N–H and O–H groups in total. The van der Waals surface area contributed by atoms with Crippen molar-refractivity contribution in [3.8, 4) is 0 Å². The van der Waals surface area contributed by atoms with Crippen molar-refractivity contribution in [1.82, 2.24) is 9.88 Å². The number of aromatic nitrogens is 1. The fraction of sp³-hybridized carbons (Fsp3) is 0.474. The van der Waals surface area contributed by atoms with E-state index in [0.29, 0.717) is 18.7 Å². The molecule has 24 heavy (non-hydrogen) atoms. The number of aliphatic hydroxyl groups is 1. The van der Waals surface area contributed by atoms with Crippen LogP contribution >= 0.6 is 11.3 Å². The van der Waals surface area contributed by atoms with Crippen LogP contribution in [-0.4, -0.2) is 33.5 Å². The molecule has 4 nitrogen and oxygen atoms in total. The summed E-state index contributed by atoms with van der Waals surface area (Å²) in [6, 6.07) is 10.1. The van der Waals surface area contributed by atoms with E-state index in [4.69, 9.17) is 0 Å². The number of rotatable bonds is 2. The fourth-order valence-corrected chi connectivity index (χ4v) is 5.01. The number of nitrogens with zero attached hydrogens (tertiary/aromatic N) is 2. The highest BCUT2D eigenvalue weighted by molar-refractivity contribution is 7.07. The zero-order valence-corrected chi connectivity index (χ0v) is 14.4. The van der Waals surface area contributed by atoms with E-state index in [1.54, 1.807) is 5.51 Å². The average molecular weight is 342 g/mol. The van der Waals surface area contributed by atoms with Crippen LogP contribution in [0.2, 0.25) is 0 Å². The first-order valence-electron chi connectivity index (χ1n) is 8.67. The lowest BCUT2D eigenvalue weighted by atomic mass is 9.66. The Morgan fingerprint density at radius 1 is 1.25 bits per heavy atom. The second kappa shape index (κ2) is 6.30. The van der Waals surface area contributed by atoms with E-state index in [0.717, 1.165) is 31.2 Å². The van der Waals surface area contributed by atoms with Crippen molar-refractivity contribution in [2.45, 2.75) is 43.7 Å². The predicted molar refractivity (Wildman–Crippen MR) is 93.9 cm³/mol. The van der Waals surface area contributed by atoms with Gasteiger partial charge in [0.1, 0.15) is 5.69 Å². The van der Waals surface area contributed by atoms with E-state index in [-0.39, 0.29) is 17.9 Å². The molecular formula is C19H22N2O2S. The van der Waals surface area contributed by atoms with Gasteiger partial charge in [0, 0.05) is 23.9 Å². The van der Waals surface area contributed by atoms with Gasteiger partial charge in [-0.15, -0.1) is 11.3 Å². The first-order chi connectivity index (χ1) is 11.7. The molecule has 2 aliphatic rings. The Morgan fingerprint density at radius 2 is 2.04 bits per heavy atom. The Kier molecular flexibility index (Phi) is 4.14. The van der Waals surface area contributed by atoms with Crippen molar-refractivity contribution >= 4 is 17.2 Å². The molecule has 126 valence electrons. The number of amides is 1. The summed E-state index contributed by atoms with van der Waals surface area (Å²) in [5, 5.41) is 13.3. The highest BCUT2D eigenvalue weighted by Crippen LogP contribution is 2.47. The zero-order chi connectivity index (χ0) is 16.6. The van der Waals surface area contributed by atoms with Gasteiger partial charge in [-0.2, -0.15) is 0 Å². The van der Waals surface area contributed by atoms with Crippen LogP contribution in [-0.2, 0) is 5.60 Å². The number of carbonyl (C=O) groups is 1. The summed E-state index contributed by atoms with van der Waals surface area (Å²) in [5.41, 5.74) is 2.40. The summed E-state index contributed by atoms with van der Waals surface area (Å²) in [6.07, 6.45) is 4.77. The maximum absolute atomic E-state index is 12.9. The van der Waals surface area contributed by atoms with Gasteiger partial charge >= 0.3 is 0 Å². The van der Waals surface area contributed by atoms with Crippen LogP contribution in [0.3, 0.4) is 0 Å². The molecule has 1 aromatic carbocycles. The SMILES string of the molecule is O=C(c1cscn1)N1CC[C@](O)(c2ccccc2)[C@H]2CCCC[C@H]21. The van der Waals surface area contributed by atoms with Crippen molar-refractivity contribution < 1.29 is 9.90 Å². The molecule has 2 fully saturated rings. The van der Waals surface area contributed by atoms with E-state index >= 15 is 0 Å². The van der Waals surface area contributed by atoms with E-state index in [1.807, 2.05) is 40.6 Å². The summed E-state index contributed by atoms with van der Waals surface area (Å²) in [4.78, 5) is 19.0. The molecule has 2 aromatic rings. The number of benzene rings is 1. The molecule has 0 bridgehead atoms. The van der Waals surface area contributed by atoms with Gasteiger partial charge in [-0.05, 0) is 24.8 Å². The molecule has 3 atom stereocenters. The van der Waals surface area contributed by atoms with E-state index in [2.05, 4.69) is 4.98 Å². The molecule has 5 heteroatoms. The molecular weight excluding hydrogens is 320 g/mol. The highest BCUT2D eigenvalue weighted by Gasteiger charge is 2.50. The first kappa shape index (κ1) is 15.8. The van der Waals surface area contributed by atoms with Crippen molar-refractivity contribution in [2.24, 2.45) is 5.92 Å². The lowest BCUT2D eigenvalue weighted by Gasteiger charge is -2.52.